The van der Waals surface area contributed by atoms with Crippen LogP contribution in [0.2, 0.25) is 0 Å². The van der Waals surface area contributed by atoms with Crippen LogP contribution in [0.15, 0.2) is 0 Å². The largest absolute Gasteiger partial charge is 0.339 e. The molecule has 16 heavy (non-hydrogen) atoms. The van der Waals surface area contributed by atoms with E-state index in [2.05, 4.69) is 25.7 Å². The normalized spacial score (nSPS) is 26.9. The standard InChI is InChI=1S/C13H26N2O/c1-10(2)12-5-4-11(3)7-9-15(12)13(16)6-8-14/h10-12H,4-9,14H2,1-3H3/t11-,12+/m0/s1. The average Bonchev–Trinajstić information content (AvgIpc) is 2.40. The van der Waals surface area contributed by atoms with E-state index in [0.717, 1.165) is 25.3 Å². The van der Waals surface area contributed by atoms with Crippen LogP contribution in [0.25, 0.3) is 0 Å². The van der Waals surface area contributed by atoms with Crippen LogP contribution in [-0.2, 0) is 4.79 Å². The van der Waals surface area contributed by atoms with Crippen LogP contribution < -0.4 is 5.73 Å². The molecule has 0 saturated carbocycles. The molecular formula is C13H26N2O. The van der Waals surface area contributed by atoms with Crippen molar-refractivity contribution in [1.82, 2.24) is 4.90 Å². The van der Waals surface area contributed by atoms with Gasteiger partial charge in [0.15, 0.2) is 0 Å². The summed E-state index contributed by atoms with van der Waals surface area (Å²) in [7, 11) is 0. The molecule has 94 valence electrons. The van der Waals surface area contributed by atoms with Crippen molar-refractivity contribution in [3.63, 3.8) is 0 Å². The summed E-state index contributed by atoms with van der Waals surface area (Å²) in [4.78, 5) is 14.1. The molecule has 3 nitrogen and oxygen atoms in total. The molecule has 0 aliphatic carbocycles. The molecule has 1 fully saturated rings. The Balaban J connectivity index is 2.70. The predicted molar refractivity (Wildman–Crippen MR) is 67.0 cm³/mol. The second-order valence-corrected chi connectivity index (χ2v) is 5.41. The van der Waals surface area contributed by atoms with E-state index in [1.54, 1.807) is 0 Å². The van der Waals surface area contributed by atoms with Crippen molar-refractivity contribution < 1.29 is 4.79 Å². The Bertz CT molecular complexity index is 228. The summed E-state index contributed by atoms with van der Waals surface area (Å²) in [5.74, 6) is 1.54. The molecule has 1 aliphatic heterocycles. The molecule has 0 radical (unpaired) electrons. The number of likely N-dealkylation sites (tertiary alicyclic amines) is 1. The number of nitrogens with zero attached hydrogens (tertiary/aromatic N) is 1. The van der Waals surface area contributed by atoms with E-state index in [1.165, 1.54) is 6.42 Å². The molecule has 2 N–H and O–H groups in total. The molecule has 0 spiro atoms. The fourth-order valence-electron chi connectivity index (χ4n) is 2.55. The zero-order valence-electron chi connectivity index (χ0n) is 10.9. The molecular weight excluding hydrogens is 200 g/mol. The van der Waals surface area contributed by atoms with Gasteiger partial charge in [0.2, 0.25) is 5.91 Å². The fourth-order valence-corrected chi connectivity index (χ4v) is 2.55. The summed E-state index contributed by atoms with van der Waals surface area (Å²) in [6.07, 6.45) is 4.03. The quantitative estimate of drug-likeness (QED) is 0.800. The Morgan fingerprint density at radius 3 is 2.62 bits per heavy atom. The van der Waals surface area contributed by atoms with Gasteiger partial charge in [0.25, 0.3) is 0 Å². The summed E-state index contributed by atoms with van der Waals surface area (Å²) >= 11 is 0. The minimum atomic E-state index is 0.246. The molecule has 0 unspecified atom stereocenters. The molecule has 1 amide bonds. The van der Waals surface area contributed by atoms with Gasteiger partial charge >= 0.3 is 0 Å². The first kappa shape index (κ1) is 13.5. The molecule has 2 atom stereocenters. The molecule has 1 rings (SSSR count). The molecule has 1 aliphatic rings. The monoisotopic (exact) mass is 226 g/mol. The highest BCUT2D eigenvalue weighted by atomic mass is 16.2. The minimum Gasteiger partial charge on any atom is -0.339 e. The topological polar surface area (TPSA) is 46.3 Å². The molecule has 0 aromatic rings. The third-order valence-electron chi connectivity index (χ3n) is 3.67. The van der Waals surface area contributed by atoms with Gasteiger partial charge in [0.1, 0.15) is 0 Å². The van der Waals surface area contributed by atoms with E-state index in [1.807, 2.05) is 0 Å². The first-order valence-corrected chi connectivity index (χ1v) is 6.55. The van der Waals surface area contributed by atoms with Crippen LogP contribution in [0.3, 0.4) is 0 Å². The highest BCUT2D eigenvalue weighted by Gasteiger charge is 2.28. The van der Waals surface area contributed by atoms with E-state index >= 15 is 0 Å². The minimum absolute atomic E-state index is 0.246. The predicted octanol–water partition coefficient (Wildman–Crippen LogP) is 2.01. The summed E-state index contributed by atoms with van der Waals surface area (Å²) in [5, 5.41) is 0. The Kier molecular flexibility index (Phi) is 5.26. The summed E-state index contributed by atoms with van der Waals surface area (Å²) in [6, 6.07) is 0.420. The van der Waals surface area contributed by atoms with Gasteiger partial charge in [-0.05, 0) is 31.1 Å². The van der Waals surface area contributed by atoms with Crippen molar-refractivity contribution in [1.29, 1.82) is 0 Å². The number of carbonyl (C=O) groups excluding carboxylic acids is 1. The van der Waals surface area contributed by atoms with E-state index < -0.39 is 0 Å². The van der Waals surface area contributed by atoms with Gasteiger partial charge in [-0.2, -0.15) is 0 Å². The highest BCUT2D eigenvalue weighted by Crippen LogP contribution is 2.26. The van der Waals surface area contributed by atoms with Crippen LogP contribution in [0.5, 0.6) is 0 Å². The molecule has 0 bridgehead atoms. The maximum absolute atomic E-state index is 12.0. The zero-order chi connectivity index (χ0) is 12.1. The lowest BCUT2D eigenvalue weighted by molar-refractivity contribution is -0.134. The highest BCUT2D eigenvalue weighted by molar-refractivity contribution is 5.76. The van der Waals surface area contributed by atoms with Gasteiger partial charge in [-0.1, -0.05) is 20.8 Å². The Labute approximate surface area is 99.4 Å². The van der Waals surface area contributed by atoms with Gasteiger partial charge in [-0.3, -0.25) is 4.79 Å². The van der Waals surface area contributed by atoms with Crippen molar-refractivity contribution in [3.05, 3.63) is 0 Å². The van der Waals surface area contributed by atoms with Crippen molar-refractivity contribution in [2.24, 2.45) is 17.6 Å². The van der Waals surface area contributed by atoms with Crippen molar-refractivity contribution in [3.8, 4) is 0 Å². The first-order valence-electron chi connectivity index (χ1n) is 6.55. The number of nitrogens with two attached hydrogens (primary N) is 1. The number of amides is 1. The zero-order valence-corrected chi connectivity index (χ0v) is 10.9. The van der Waals surface area contributed by atoms with Crippen LogP contribution >= 0.6 is 0 Å². The molecule has 1 saturated heterocycles. The SMILES string of the molecule is CC(C)[C@H]1CC[C@H](C)CCN1C(=O)CCN. The fraction of sp³-hybridized carbons (Fsp3) is 0.923. The number of hydrogen-bond donors (Lipinski definition) is 1. The maximum atomic E-state index is 12.0. The average molecular weight is 226 g/mol. The van der Waals surface area contributed by atoms with E-state index in [0.29, 0.717) is 24.9 Å². The van der Waals surface area contributed by atoms with E-state index in [4.69, 9.17) is 5.73 Å². The Hall–Kier alpha value is -0.570. The van der Waals surface area contributed by atoms with Crippen molar-refractivity contribution in [2.75, 3.05) is 13.1 Å². The summed E-state index contributed by atoms with van der Waals surface area (Å²) in [6.45, 7) is 8.10. The van der Waals surface area contributed by atoms with Crippen molar-refractivity contribution in [2.45, 2.75) is 52.5 Å². The van der Waals surface area contributed by atoms with Crippen LogP contribution in [0.4, 0.5) is 0 Å². The molecule has 0 aromatic heterocycles. The van der Waals surface area contributed by atoms with E-state index in [-0.39, 0.29) is 5.91 Å². The molecule has 3 heteroatoms. The van der Waals surface area contributed by atoms with Gasteiger partial charge in [0, 0.05) is 25.6 Å². The smallest absolute Gasteiger partial charge is 0.224 e. The first-order chi connectivity index (χ1) is 7.56. The molecule has 0 aromatic carbocycles. The summed E-state index contributed by atoms with van der Waals surface area (Å²) < 4.78 is 0. The number of rotatable bonds is 3. The molecule has 1 heterocycles. The summed E-state index contributed by atoms with van der Waals surface area (Å²) in [5.41, 5.74) is 5.48. The number of hydrogen-bond acceptors (Lipinski definition) is 2. The third-order valence-corrected chi connectivity index (χ3v) is 3.67. The second kappa shape index (κ2) is 6.24. The van der Waals surface area contributed by atoms with Crippen LogP contribution in [-0.4, -0.2) is 29.9 Å². The van der Waals surface area contributed by atoms with Gasteiger partial charge in [0.05, 0.1) is 0 Å². The lowest BCUT2D eigenvalue weighted by Gasteiger charge is -2.33. The van der Waals surface area contributed by atoms with Crippen LogP contribution in [0.1, 0.15) is 46.5 Å². The van der Waals surface area contributed by atoms with E-state index in [9.17, 15) is 4.79 Å². The lowest BCUT2D eigenvalue weighted by atomic mass is 9.95. The maximum Gasteiger partial charge on any atom is 0.224 e. The van der Waals surface area contributed by atoms with Crippen LogP contribution in [0, 0.1) is 11.8 Å². The number of carbonyl (C=O) groups is 1. The second-order valence-electron chi connectivity index (χ2n) is 5.41. The van der Waals surface area contributed by atoms with Crippen molar-refractivity contribution >= 4 is 5.91 Å². The Morgan fingerprint density at radius 2 is 2.06 bits per heavy atom. The lowest BCUT2D eigenvalue weighted by Crippen LogP contribution is -2.43. The Morgan fingerprint density at radius 1 is 1.38 bits per heavy atom. The van der Waals surface area contributed by atoms with Gasteiger partial charge < -0.3 is 10.6 Å². The van der Waals surface area contributed by atoms with Gasteiger partial charge in [-0.15, -0.1) is 0 Å². The third kappa shape index (κ3) is 3.48. The van der Waals surface area contributed by atoms with Gasteiger partial charge in [-0.25, -0.2) is 0 Å².